The zero-order valence-corrected chi connectivity index (χ0v) is 17.7. The molecule has 4 rings (SSSR count). The molecule has 0 radical (unpaired) electrons. The van der Waals surface area contributed by atoms with Crippen LogP contribution in [0, 0.1) is 20.8 Å². The van der Waals surface area contributed by atoms with E-state index in [1.807, 2.05) is 17.4 Å². The Morgan fingerprint density at radius 3 is 2.68 bits per heavy atom. The highest BCUT2D eigenvalue weighted by Gasteiger charge is 2.15. The van der Waals surface area contributed by atoms with Crippen molar-refractivity contribution in [1.82, 2.24) is 24.8 Å². The molecule has 0 aliphatic carbocycles. The summed E-state index contributed by atoms with van der Waals surface area (Å²) in [4.78, 5) is 12.3. The monoisotopic (exact) mass is 412 g/mol. The molecule has 3 heterocycles. The first-order valence-corrected chi connectivity index (χ1v) is 10.8. The van der Waals surface area contributed by atoms with Gasteiger partial charge in [0.05, 0.1) is 11.3 Å². The van der Waals surface area contributed by atoms with Gasteiger partial charge in [-0.2, -0.15) is 0 Å². The lowest BCUT2D eigenvalue weighted by Crippen LogP contribution is -2.14. The minimum Gasteiger partial charge on any atom is -0.300 e. The molecule has 3 aromatic heterocycles. The number of pyridine rings is 1. The van der Waals surface area contributed by atoms with Gasteiger partial charge in [0, 0.05) is 5.39 Å². The fraction of sp³-hybridized carbons (Fsp3) is 0.316. The lowest BCUT2D eigenvalue weighted by Gasteiger charge is -2.11. The summed E-state index contributed by atoms with van der Waals surface area (Å²) < 4.78 is 2.04. The summed E-state index contributed by atoms with van der Waals surface area (Å²) in [6.45, 7) is 8.28. The van der Waals surface area contributed by atoms with Crippen molar-refractivity contribution in [3.05, 3.63) is 39.9 Å². The number of hydrogen-bond acceptors (Lipinski definition) is 7. The van der Waals surface area contributed by atoms with Crippen molar-refractivity contribution >= 4 is 50.7 Å². The standard InChI is InChI=1S/C19H20N6OS2/c1-5-16-22-23-18(28-16)20-15(26)9-27-19-24-21-14-8-11(3)13-7-10(2)6-12(4)17(13)25(14)19/h6-8H,5,9H2,1-4H3,(H,20,23,26). The summed E-state index contributed by atoms with van der Waals surface area (Å²) in [7, 11) is 0. The Bertz CT molecular complexity index is 1200. The molecule has 0 unspecified atom stereocenters. The van der Waals surface area contributed by atoms with E-state index in [4.69, 9.17) is 0 Å². The third-order valence-corrected chi connectivity index (χ3v) is 6.36. The summed E-state index contributed by atoms with van der Waals surface area (Å²) in [5.74, 6) is 0.0896. The third kappa shape index (κ3) is 3.47. The molecule has 9 heteroatoms. The van der Waals surface area contributed by atoms with E-state index in [1.165, 1.54) is 39.6 Å². The quantitative estimate of drug-likeness (QED) is 0.500. The molecule has 0 saturated carbocycles. The van der Waals surface area contributed by atoms with E-state index in [0.717, 1.165) is 28.2 Å². The lowest BCUT2D eigenvalue weighted by molar-refractivity contribution is -0.113. The number of nitrogens with zero attached hydrogens (tertiary/aromatic N) is 5. The Morgan fingerprint density at radius 1 is 1.11 bits per heavy atom. The molecule has 0 aliphatic heterocycles. The van der Waals surface area contributed by atoms with E-state index >= 15 is 0 Å². The molecular weight excluding hydrogens is 392 g/mol. The Morgan fingerprint density at radius 2 is 1.93 bits per heavy atom. The Labute approximate surface area is 170 Å². The first kappa shape index (κ1) is 18.8. The van der Waals surface area contributed by atoms with E-state index in [2.05, 4.69) is 58.6 Å². The molecule has 4 aromatic rings. The number of hydrogen-bond donors (Lipinski definition) is 1. The second kappa shape index (κ2) is 7.48. The number of carbonyl (C=O) groups is 1. The van der Waals surface area contributed by atoms with Gasteiger partial charge in [0.1, 0.15) is 5.01 Å². The van der Waals surface area contributed by atoms with Crippen LogP contribution in [0.3, 0.4) is 0 Å². The molecular formula is C19H20N6OS2. The van der Waals surface area contributed by atoms with Crippen molar-refractivity contribution in [1.29, 1.82) is 0 Å². The number of anilines is 1. The molecule has 1 aromatic carbocycles. The number of amides is 1. The molecule has 28 heavy (non-hydrogen) atoms. The van der Waals surface area contributed by atoms with Crippen LogP contribution in [0.25, 0.3) is 16.6 Å². The highest BCUT2D eigenvalue weighted by molar-refractivity contribution is 7.99. The molecule has 1 amide bonds. The predicted octanol–water partition coefficient (Wildman–Crippen LogP) is 3.95. The minimum absolute atomic E-state index is 0.135. The van der Waals surface area contributed by atoms with Crippen LogP contribution in [0.15, 0.2) is 23.4 Å². The van der Waals surface area contributed by atoms with Gasteiger partial charge in [0.25, 0.3) is 0 Å². The van der Waals surface area contributed by atoms with Crippen LogP contribution in [0.2, 0.25) is 0 Å². The van der Waals surface area contributed by atoms with Gasteiger partial charge in [-0.05, 0) is 50.5 Å². The normalized spacial score (nSPS) is 11.4. The molecule has 0 spiro atoms. The largest absolute Gasteiger partial charge is 0.300 e. The van der Waals surface area contributed by atoms with Crippen LogP contribution in [0.4, 0.5) is 5.13 Å². The van der Waals surface area contributed by atoms with E-state index in [9.17, 15) is 4.79 Å². The van der Waals surface area contributed by atoms with Gasteiger partial charge in [-0.1, -0.05) is 41.7 Å². The van der Waals surface area contributed by atoms with Crippen molar-refractivity contribution in [3.63, 3.8) is 0 Å². The van der Waals surface area contributed by atoms with Gasteiger partial charge in [0.2, 0.25) is 11.0 Å². The van der Waals surface area contributed by atoms with Crippen molar-refractivity contribution in [3.8, 4) is 0 Å². The zero-order valence-electron chi connectivity index (χ0n) is 16.1. The van der Waals surface area contributed by atoms with Gasteiger partial charge >= 0.3 is 0 Å². The Kier molecular flexibility index (Phi) is 5.03. The van der Waals surface area contributed by atoms with Gasteiger partial charge in [-0.25, -0.2) is 0 Å². The number of nitrogens with one attached hydrogen (secondary N) is 1. The molecule has 0 fully saturated rings. The number of thioether (sulfide) groups is 1. The van der Waals surface area contributed by atoms with Crippen molar-refractivity contribution in [2.45, 2.75) is 39.3 Å². The van der Waals surface area contributed by atoms with Gasteiger partial charge in [-0.15, -0.1) is 20.4 Å². The predicted molar refractivity (Wildman–Crippen MR) is 113 cm³/mol. The third-order valence-electron chi connectivity index (χ3n) is 4.45. The molecule has 0 atom stereocenters. The van der Waals surface area contributed by atoms with Crippen LogP contribution in [0.1, 0.15) is 28.6 Å². The number of benzene rings is 1. The number of aryl methyl sites for hydroxylation is 4. The minimum atomic E-state index is -0.135. The summed E-state index contributed by atoms with van der Waals surface area (Å²) in [6.07, 6.45) is 0.805. The van der Waals surface area contributed by atoms with E-state index in [0.29, 0.717) is 10.3 Å². The lowest BCUT2D eigenvalue weighted by atomic mass is 10.0. The first-order chi connectivity index (χ1) is 13.5. The average Bonchev–Trinajstić information content (AvgIpc) is 3.26. The van der Waals surface area contributed by atoms with Crippen molar-refractivity contribution < 1.29 is 4.79 Å². The SMILES string of the molecule is CCc1nnc(NC(=O)CSc2nnc3cc(C)c4cc(C)cc(C)c4n23)s1. The number of aromatic nitrogens is 5. The summed E-state index contributed by atoms with van der Waals surface area (Å²) in [5.41, 5.74) is 5.43. The molecule has 0 saturated heterocycles. The highest BCUT2D eigenvalue weighted by Crippen LogP contribution is 2.29. The Balaban J connectivity index is 1.62. The van der Waals surface area contributed by atoms with Crippen molar-refractivity contribution in [2.75, 3.05) is 11.1 Å². The molecule has 144 valence electrons. The maximum absolute atomic E-state index is 12.3. The van der Waals surface area contributed by atoms with E-state index in [1.54, 1.807) is 0 Å². The molecule has 7 nitrogen and oxygen atoms in total. The highest BCUT2D eigenvalue weighted by atomic mass is 32.2. The van der Waals surface area contributed by atoms with Gasteiger partial charge < -0.3 is 0 Å². The first-order valence-electron chi connectivity index (χ1n) is 8.97. The summed E-state index contributed by atoms with van der Waals surface area (Å²) in [6, 6.07) is 6.37. The van der Waals surface area contributed by atoms with Gasteiger partial charge in [0.15, 0.2) is 10.8 Å². The van der Waals surface area contributed by atoms with Crippen molar-refractivity contribution in [2.24, 2.45) is 0 Å². The second-order valence-electron chi connectivity index (χ2n) is 6.67. The fourth-order valence-electron chi connectivity index (χ4n) is 3.24. The topological polar surface area (TPSA) is 85.1 Å². The maximum atomic E-state index is 12.3. The number of carbonyl (C=O) groups excluding carboxylic acids is 1. The average molecular weight is 413 g/mol. The van der Waals surface area contributed by atoms with Crippen LogP contribution < -0.4 is 5.32 Å². The van der Waals surface area contributed by atoms with Crippen LogP contribution in [-0.2, 0) is 11.2 Å². The summed E-state index contributed by atoms with van der Waals surface area (Å²) in [5, 5.41) is 22.7. The zero-order chi connectivity index (χ0) is 19.8. The van der Waals surface area contributed by atoms with Crippen LogP contribution >= 0.6 is 23.1 Å². The smallest absolute Gasteiger partial charge is 0.236 e. The fourth-order valence-corrected chi connectivity index (χ4v) is 4.68. The van der Waals surface area contributed by atoms with Crippen LogP contribution in [-0.4, -0.2) is 36.5 Å². The molecule has 0 aliphatic rings. The Hall–Kier alpha value is -2.52. The summed E-state index contributed by atoms with van der Waals surface area (Å²) >= 11 is 2.76. The molecule has 1 N–H and O–H groups in total. The number of fused-ring (bicyclic) bond motifs is 3. The van der Waals surface area contributed by atoms with E-state index in [-0.39, 0.29) is 11.7 Å². The second-order valence-corrected chi connectivity index (χ2v) is 8.68. The number of rotatable bonds is 5. The molecule has 0 bridgehead atoms. The van der Waals surface area contributed by atoms with E-state index < -0.39 is 0 Å². The van der Waals surface area contributed by atoms with Gasteiger partial charge in [-0.3, -0.25) is 14.5 Å². The van der Waals surface area contributed by atoms with Crippen LogP contribution in [0.5, 0.6) is 0 Å². The maximum Gasteiger partial charge on any atom is 0.236 e.